The molecule has 2 atom stereocenters. The third-order valence-electron chi connectivity index (χ3n) is 6.26. The Labute approximate surface area is 185 Å². The predicted molar refractivity (Wildman–Crippen MR) is 105 cm³/mol. The van der Waals surface area contributed by atoms with Gasteiger partial charge in [0.2, 0.25) is 5.92 Å². The van der Waals surface area contributed by atoms with Crippen LogP contribution in [0.2, 0.25) is 0 Å². The Balaban J connectivity index is 1.73. The van der Waals surface area contributed by atoms with Crippen LogP contribution in [0.4, 0.5) is 35.1 Å². The molecule has 0 aliphatic heterocycles. The van der Waals surface area contributed by atoms with Crippen molar-refractivity contribution >= 4 is 11.7 Å². The van der Waals surface area contributed by atoms with Crippen molar-refractivity contribution in [3.8, 4) is 0 Å². The fourth-order valence-electron chi connectivity index (χ4n) is 4.32. The summed E-state index contributed by atoms with van der Waals surface area (Å²) in [5.41, 5.74) is -1.01. The molecule has 0 aromatic heterocycles. The first kappa shape index (κ1) is 25.4. The molecule has 2 saturated carbocycles. The molecule has 1 aromatic carbocycles. The summed E-state index contributed by atoms with van der Waals surface area (Å²) in [6.45, 7) is 0. The summed E-state index contributed by atoms with van der Waals surface area (Å²) < 4.78 is 104. The summed E-state index contributed by atoms with van der Waals surface area (Å²) in [4.78, 5) is 16.9. The maximum atomic E-state index is 13.5. The molecule has 0 saturated heterocycles. The van der Waals surface area contributed by atoms with E-state index in [0.717, 1.165) is 24.3 Å². The van der Waals surface area contributed by atoms with E-state index in [9.17, 15) is 39.9 Å². The predicted octanol–water partition coefficient (Wildman–Crippen LogP) is 6.78. The van der Waals surface area contributed by atoms with Gasteiger partial charge in [-0.05, 0) is 62.3 Å². The van der Waals surface area contributed by atoms with Crippen molar-refractivity contribution in [3.63, 3.8) is 0 Å². The monoisotopic (exact) mass is 484 g/mol. The molecule has 1 aromatic rings. The molecule has 0 heterocycles. The van der Waals surface area contributed by atoms with Crippen molar-refractivity contribution in [3.05, 3.63) is 35.4 Å². The highest BCUT2D eigenvalue weighted by Gasteiger charge is 2.44. The van der Waals surface area contributed by atoms with Gasteiger partial charge in [0.1, 0.15) is 5.84 Å². The third-order valence-corrected chi connectivity index (χ3v) is 6.26. The van der Waals surface area contributed by atoms with E-state index in [1.807, 2.05) is 0 Å². The zero-order valence-corrected chi connectivity index (χ0v) is 17.6. The van der Waals surface area contributed by atoms with Crippen molar-refractivity contribution in [1.29, 1.82) is 0 Å². The number of halogens is 8. The van der Waals surface area contributed by atoms with Gasteiger partial charge in [0.25, 0.3) is 5.91 Å². The number of amidine groups is 1. The lowest BCUT2D eigenvalue weighted by Crippen LogP contribution is -2.35. The largest absolute Gasteiger partial charge is 0.416 e. The molecule has 1 N–H and O–H groups in total. The molecule has 0 radical (unpaired) electrons. The Morgan fingerprint density at radius 3 is 2.09 bits per heavy atom. The Bertz CT molecular complexity index is 851. The Hall–Kier alpha value is -2.20. The van der Waals surface area contributed by atoms with Crippen molar-refractivity contribution in [1.82, 2.24) is 5.32 Å². The normalized spacial score (nSPS) is 24.7. The van der Waals surface area contributed by atoms with Crippen LogP contribution >= 0.6 is 0 Å². The Morgan fingerprint density at radius 1 is 0.970 bits per heavy atom. The number of carbonyl (C=O) groups excluding carboxylic acids is 1. The second-order valence-corrected chi connectivity index (χ2v) is 8.81. The van der Waals surface area contributed by atoms with Crippen LogP contribution < -0.4 is 5.32 Å². The fraction of sp³-hybridized carbons (Fsp3) is 0.636. The quantitative estimate of drug-likeness (QED) is 0.286. The van der Waals surface area contributed by atoms with Gasteiger partial charge < -0.3 is 5.32 Å². The molecule has 1 amide bonds. The molecule has 0 bridgehead atoms. The molecule has 2 aliphatic rings. The minimum absolute atomic E-state index is 0.0783. The summed E-state index contributed by atoms with van der Waals surface area (Å²) >= 11 is 0. The number of rotatable bonds is 4. The van der Waals surface area contributed by atoms with Crippen LogP contribution in [0.3, 0.4) is 0 Å². The smallest absolute Gasteiger partial charge is 0.310 e. The van der Waals surface area contributed by atoms with E-state index in [1.165, 1.54) is 0 Å². The molecular formula is C22H24F8N2O. The highest BCUT2D eigenvalue weighted by molar-refractivity contribution is 6.06. The molecule has 2 fully saturated rings. The number of amides is 1. The second-order valence-electron chi connectivity index (χ2n) is 8.81. The first-order valence-electron chi connectivity index (χ1n) is 10.7. The first-order valence-corrected chi connectivity index (χ1v) is 10.7. The van der Waals surface area contributed by atoms with Gasteiger partial charge in [-0.2, -0.15) is 26.3 Å². The highest BCUT2D eigenvalue weighted by Crippen LogP contribution is 2.41. The van der Waals surface area contributed by atoms with Crippen LogP contribution in [0.1, 0.15) is 67.3 Å². The van der Waals surface area contributed by atoms with Gasteiger partial charge >= 0.3 is 12.4 Å². The van der Waals surface area contributed by atoms with Gasteiger partial charge in [-0.1, -0.05) is 0 Å². The molecule has 184 valence electrons. The van der Waals surface area contributed by atoms with Crippen LogP contribution in [0.5, 0.6) is 0 Å². The van der Waals surface area contributed by atoms with Gasteiger partial charge in [0.15, 0.2) is 0 Å². The average molecular weight is 484 g/mol. The summed E-state index contributed by atoms with van der Waals surface area (Å²) in [6, 6.07) is 2.81. The van der Waals surface area contributed by atoms with E-state index >= 15 is 0 Å². The summed E-state index contributed by atoms with van der Waals surface area (Å²) in [5.74, 6) is -5.15. The topological polar surface area (TPSA) is 41.5 Å². The first-order chi connectivity index (χ1) is 15.2. The van der Waals surface area contributed by atoms with Crippen LogP contribution in [0.15, 0.2) is 29.3 Å². The number of aliphatic imine (C=N–C) groups is 1. The number of benzene rings is 1. The second kappa shape index (κ2) is 9.58. The molecule has 11 heteroatoms. The van der Waals surface area contributed by atoms with Crippen molar-refractivity contribution in [2.24, 2.45) is 16.8 Å². The minimum Gasteiger partial charge on any atom is -0.310 e. The molecular weight excluding hydrogens is 460 g/mol. The lowest BCUT2D eigenvalue weighted by molar-refractivity contribution is -0.172. The van der Waals surface area contributed by atoms with Gasteiger partial charge in [-0.3, -0.25) is 9.79 Å². The van der Waals surface area contributed by atoms with Crippen LogP contribution in [-0.2, 0) is 6.18 Å². The lowest BCUT2D eigenvalue weighted by atomic mass is 9.84. The standard InChI is InChI=1S/C22H24F8N2O/c23-20(24)9-7-13(8-10-20)11-18(31-17-6-5-16(12-17)22(28,29)30)32-19(33)14-1-3-15(4-2-14)21(25,26)27/h1-4,13,16-17H,5-12H2,(H,31,32,33). The zero-order valence-electron chi connectivity index (χ0n) is 17.6. The molecule has 0 spiro atoms. The van der Waals surface area contributed by atoms with E-state index < -0.39 is 41.7 Å². The van der Waals surface area contributed by atoms with Crippen LogP contribution in [0, 0.1) is 11.8 Å². The highest BCUT2D eigenvalue weighted by atomic mass is 19.4. The van der Waals surface area contributed by atoms with Crippen molar-refractivity contribution in [2.45, 2.75) is 75.7 Å². The summed E-state index contributed by atoms with van der Waals surface area (Å²) in [5, 5.41) is 2.50. The number of nitrogens with one attached hydrogen (secondary N) is 1. The number of hydrogen-bond donors (Lipinski definition) is 1. The van der Waals surface area contributed by atoms with Crippen LogP contribution in [0.25, 0.3) is 0 Å². The Morgan fingerprint density at radius 2 is 1.58 bits per heavy atom. The summed E-state index contributed by atoms with van der Waals surface area (Å²) in [6.07, 6.45) is -9.24. The SMILES string of the molecule is O=C(NC(CC1CCC(F)(F)CC1)=NC1CCC(C(F)(F)F)C1)c1ccc(C(F)(F)F)cc1. The maximum absolute atomic E-state index is 13.5. The van der Waals surface area contributed by atoms with E-state index in [4.69, 9.17) is 0 Å². The summed E-state index contributed by atoms with van der Waals surface area (Å²) in [7, 11) is 0. The molecule has 3 nitrogen and oxygen atoms in total. The van der Waals surface area contributed by atoms with Gasteiger partial charge in [-0.25, -0.2) is 8.78 Å². The van der Waals surface area contributed by atoms with Crippen molar-refractivity contribution < 1.29 is 39.9 Å². The number of hydrogen-bond acceptors (Lipinski definition) is 2. The molecule has 33 heavy (non-hydrogen) atoms. The number of carbonyl (C=O) groups is 1. The zero-order chi connectivity index (χ0) is 24.4. The van der Waals surface area contributed by atoms with Crippen molar-refractivity contribution in [2.75, 3.05) is 0 Å². The van der Waals surface area contributed by atoms with E-state index in [-0.39, 0.29) is 68.7 Å². The number of alkyl halides is 8. The van der Waals surface area contributed by atoms with Gasteiger partial charge in [-0.15, -0.1) is 0 Å². The molecule has 2 aliphatic carbocycles. The van der Waals surface area contributed by atoms with E-state index in [1.54, 1.807) is 0 Å². The average Bonchev–Trinajstić information content (AvgIpc) is 3.18. The van der Waals surface area contributed by atoms with Crippen LogP contribution in [-0.4, -0.2) is 29.9 Å². The minimum atomic E-state index is -4.57. The third kappa shape index (κ3) is 7.14. The molecule has 3 rings (SSSR count). The number of nitrogens with zero attached hydrogens (tertiary/aromatic N) is 1. The van der Waals surface area contributed by atoms with E-state index in [2.05, 4.69) is 10.3 Å². The molecule has 2 unspecified atom stereocenters. The maximum Gasteiger partial charge on any atom is 0.416 e. The van der Waals surface area contributed by atoms with Gasteiger partial charge in [0.05, 0.1) is 17.5 Å². The van der Waals surface area contributed by atoms with E-state index in [0.29, 0.717) is 0 Å². The van der Waals surface area contributed by atoms with Gasteiger partial charge in [0, 0.05) is 24.8 Å². The Kier molecular flexibility index (Phi) is 7.38. The fourth-order valence-corrected chi connectivity index (χ4v) is 4.32. The lowest BCUT2D eigenvalue weighted by Gasteiger charge is -2.28.